The van der Waals surface area contributed by atoms with Gasteiger partial charge in [0.1, 0.15) is 5.82 Å². The van der Waals surface area contributed by atoms with Gasteiger partial charge in [0.05, 0.1) is 11.4 Å². The molecule has 0 bridgehead atoms. The van der Waals surface area contributed by atoms with Gasteiger partial charge in [-0.3, -0.25) is 4.79 Å². The second kappa shape index (κ2) is 6.27. The van der Waals surface area contributed by atoms with E-state index in [-0.39, 0.29) is 23.6 Å². The van der Waals surface area contributed by atoms with Crippen molar-refractivity contribution < 1.29 is 9.18 Å². The van der Waals surface area contributed by atoms with E-state index in [4.69, 9.17) is 0 Å². The number of nitrogens with zero attached hydrogens (tertiary/aromatic N) is 1. The van der Waals surface area contributed by atoms with Gasteiger partial charge in [-0.2, -0.15) is 0 Å². The van der Waals surface area contributed by atoms with Crippen LogP contribution in [0.25, 0.3) is 0 Å². The quantitative estimate of drug-likeness (QED) is 0.915. The largest absolute Gasteiger partial charge is 0.370 e. The van der Waals surface area contributed by atoms with E-state index >= 15 is 0 Å². The number of halogens is 1. The fraction of sp³-hybridized carbons (Fsp3) is 0.350. The van der Waals surface area contributed by atoms with E-state index in [1.54, 1.807) is 12.1 Å². The molecule has 124 valence electrons. The molecule has 2 fully saturated rings. The molecule has 2 aromatic carbocycles. The lowest BCUT2D eigenvalue weighted by atomic mass is 10.1. The summed E-state index contributed by atoms with van der Waals surface area (Å²) in [5, 5.41) is 3.11. The van der Waals surface area contributed by atoms with Crippen molar-refractivity contribution in [3.8, 4) is 0 Å². The van der Waals surface area contributed by atoms with Gasteiger partial charge in [-0.05, 0) is 55.0 Å². The predicted molar refractivity (Wildman–Crippen MR) is 93.8 cm³/mol. The van der Waals surface area contributed by atoms with Crippen molar-refractivity contribution in [1.82, 2.24) is 0 Å². The molecule has 0 spiro atoms. The van der Waals surface area contributed by atoms with E-state index in [9.17, 15) is 9.18 Å². The van der Waals surface area contributed by atoms with Gasteiger partial charge in [-0.1, -0.05) is 24.3 Å². The van der Waals surface area contributed by atoms with Crippen LogP contribution in [0.3, 0.4) is 0 Å². The maximum atomic E-state index is 13.0. The first kappa shape index (κ1) is 15.2. The number of anilines is 2. The Morgan fingerprint density at radius 2 is 1.75 bits per heavy atom. The zero-order valence-electron chi connectivity index (χ0n) is 13.5. The molecule has 2 atom stereocenters. The lowest BCUT2D eigenvalue weighted by Crippen LogP contribution is -2.21. The van der Waals surface area contributed by atoms with Crippen LogP contribution in [0.2, 0.25) is 0 Å². The van der Waals surface area contributed by atoms with E-state index < -0.39 is 0 Å². The summed E-state index contributed by atoms with van der Waals surface area (Å²) in [6.45, 7) is 2.10. The third kappa shape index (κ3) is 3.01. The third-order valence-electron chi connectivity index (χ3n) is 5.03. The van der Waals surface area contributed by atoms with Crippen LogP contribution in [0, 0.1) is 11.7 Å². The minimum absolute atomic E-state index is 0.0119. The molecule has 0 aromatic heterocycles. The van der Waals surface area contributed by atoms with Crippen molar-refractivity contribution in [2.24, 2.45) is 5.92 Å². The first-order valence-corrected chi connectivity index (χ1v) is 8.63. The van der Waals surface area contributed by atoms with Crippen LogP contribution in [-0.4, -0.2) is 19.0 Å². The van der Waals surface area contributed by atoms with E-state index in [1.165, 1.54) is 25.0 Å². The average Bonchev–Trinajstić information content (AvgIpc) is 3.21. The standard InChI is InChI=1S/C20H21FN2O/c21-15-9-7-14(8-10-15)16-13-17(16)20(24)22-18-5-1-2-6-19(18)23-11-3-4-12-23/h1-2,5-10,16-17H,3-4,11-13H2,(H,22,24). The highest BCUT2D eigenvalue weighted by Gasteiger charge is 2.44. The number of carbonyl (C=O) groups is 1. The minimum atomic E-state index is -0.236. The Hall–Kier alpha value is -2.36. The Labute approximate surface area is 141 Å². The molecular formula is C20H21FN2O. The molecule has 2 aromatic rings. The van der Waals surface area contributed by atoms with Crippen molar-refractivity contribution in [3.05, 3.63) is 59.9 Å². The molecule has 1 saturated carbocycles. The van der Waals surface area contributed by atoms with E-state index in [2.05, 4.69) is 16.3 Å². The lowest BCUT2D eigenvalue weighted by molar-refractivity contribution is -0.117. The predicted octanol–water partition coefficient (Wildman–Crippen LogP) is 4.17. The van der Waals surface area contributed by atoms with E-state index in [0.29, 0.717) is 0 Å². The fourth-order valence-electron chi connectivity index (χ4n) is 3.60. The molecule has 1 heterocycles. The molecule has 1 saturated heterocycles. The highest BCUT2D eigenvalue weighted by Crippen LogP contribution is 2.48. The van der Waals surface area contributed by atoms with E-state index in [1.807, 2.05) is 18.2 Å². The fourth-order valence-corrected chi connectivity index (χ4v) is 3.60. The number of para-hydroxylation sites is 2. The third-order valence-corrected chi connectivity index (χ3v) is 5.03. The number of amides is 1. The highest BCUT2D eigenvalue weighted by atomic mass is 19.1. The Balaban J connectivity index is 1.45. The second-order valence-corrected chi connectivity index (χ2v) is 6.70. The normalized spacial score (nSPS) is 22.5. The molecule has 2 unspecified atom stereocenters. The minimum Gasteiger partial charge on any atom is -0.370 e. The van der Waals surface area contributed by atoms with Gasteiger partial charge >= 0.3 is 0 Å². The number of benzene rings is 2. The maximum Gasteiger partial charge on any atom is 0.228 e. The molecule has 1 N–H and O–H groups in total. The zero-order chi connectivity index (χ0) is 16.5. The lowest BCUT2D eigenvalue weighted by Gasteiger charge is -2.21. The van der Waals surface area contributed by atoms with Gasteiger partial charge in [-0.15, -0.1) is 0 Å². The van der Waals surface area contributed by atoms with Crippen LogP contribution in [0.1, 0.15) is 30.7 Å². The Morgan fingerprint density at radius 3 is 2.50 bits per heavy atom. The highest BCUT2D eigenvalue weighted by molar-refractivity contribution is 5.98. The van der Waals surface area contributed by atoms with Crippen LogP contribution < -0.4 is 10.2 Å². The molecule has 4 rings (SSSR count). The number of hydrogen-bond donors (Lipinski definition) is 1. The van der Waals surface area contributed by atoms with Crippen molar-refractivity contribution in [2.75, 3.05) is 23.3 Å². The first-order chi connectivity index (χ1) is 11.7. The second-order valence-electron chi connectivity index (χ2n) is 6.70. The summed E-state index contributed by atoms with van der Waals surface area (Å²) in [4.78, 5) is 14.9. The van der Waals surface area contributed by atoms with Crippen LogP contribution in [0.15, 0.2) is 48.5 Å². The summed E-state index contributed by atoms with van der Waals surface area (Å²) < 4.78 is 13.0. The molecule has 2 aliphatic rings. The first-order valence-electron chi connectivity index (χ1n) is 8.63. The summed E-state index contributed by atoms with van der Waals surface area (Å²) in [6, 6.07) is 14.5. The monoisotopic (exact) mass is 324 g/mol. The van der Waals surface area contributed by atoms with Gasteiger partial charge in [0.15, 0.2) is 0 Å². The maximum absolute atomic E-state index is 13.0. The zero-order valence-corrected chi connectivity index (χ0v) is 13.5. The number of rotatable bonds is 4. The smallest absolute Gasteiger partial charge is 0.228 e. The summed E-state index contributed by atoms with van der Waals surface area (Å²) in [5.74, 6) is 0.0301. The van der Waals surface area contributed by atoms with Gasteiger partial charge in [0.25, 0.3) is 0 Å². The Morgan fingerprint density at radius 1 is 1.04 bits per heavy atom. The van der Waals surface area contributed by atoms with Crippen molar-refractivity contribution in [3.63, 3.8) is 0 Å². The summed E-state index contributed by atoms with van der Waals surface area (Å²) in [5.41, 5.74) is 3.06. The van der Waals surface area contributed by atoms with Crippen LogP contribution in [0.5, 0.6) is 0 Å². The SMILES string of the molecule is O=C(Nc1ccccc1N1CCCC1)C1CC1c1ccc(F)cc1. The molecule has 0 radical (unpaired) electrons. The molecule has 3 nitrogen and oxygen atoms in total. The Bertz CT molecular complexity index is 738. The van der Waals surface area contributed by atoms with Crippen LogP contribution in [-0.2, 0) is 4.79 Å². The molecule has 4 heteroatoms. The summed E-state index contributed by atoms with van der Waals surface area (Å²) in [7, 11) is 0. The van der Waals surface area contributed by atoms with Crippen LogP contribution >= 0.6 is 0 Å². The number of nitrogens with one attached hydrogen (secondary N) is 1. The topological polar surface area (TPSA) is 32.3 Å². The number of carbonyl (C=O) groups excluding carboxylic acids is 1. The van der Waals surface area contributed by atoms with Crippen molar-refractivity contribution in [1.29, 1.82) is 0 Å². The summed E-state index contributed by atoms with van der Waals surface area (Å²) >= 11 is 0. The van der Waals surface area contributed by atoms with Gasteiger partial charge < -0.3 is 10.2 Å². The van der Waals surface area contributed by atoms with Gasteiger partial charge in [0.2, 0.25) is 5.91 Å². The number of hydrogen-bond acceptors (Lipinski definition) is 2. The molecule has 1 aliphatic carbocycles. The van der Waals surface area contributed by atoms with Gasteiger partial charge in [0, 0.05) is 19.0 Å². The molecule has 1 aliphatic heterocycles. The van der Waals surface area contributed by atoms with Crippen molar-refractivity contribution >= 4 is 17.3 Å². The molecular weight excluding hydrogens is 303 g/mol. The van der Waals surface area contributed by atoms with Crippen molar-refractivity contribution in [2.45, 2.75) is 25.2 Å². The Kier molecular flexibility index (Phi) is 3.97. The molecule has 24 heavy (non-hydrogen) atoms. The summed E-state index contributed by atoms with van der Waals surface area (Å²) in [6.07, 6.45) is 3.25. The average molecular weight is 324 g/mol. The molecule has 1 amide bonds. The van der Waals surface area contributed by atoms with E-state index in [0.717, 1.165) is 36.4 Å². The van der Waals surface area contributed by atoms with Crippen LogP contribution in [0.4, 0.5) is 15.8 Å². The van der Waals surface area contributed by atoms with Gasteiger partial charge in [-0.25, -0.2) is 4.39 Å².